The normalized spacial score (nSPS) is 10.7. The topological polar surface area (TPSA) is 70.7 Å². The van der Waals surface area contributed by atoms with Crippen molar-refractivity contribution in [3.05, 3.63) is 55.7 Å². The van der Waals surface area contributed by atoms with Crippen molar-refractivity contribution in [2.24, 2.45) is 0 Å². The largest absolute Gasteiger partial charge is 0.337 e. The van der Waals surface area contributed by atoms with E-state index in [-0.39, 0.29) is 5.56 Å². The van der Waals surface area contributed by atoms with Gasteiger partial charge in [-0.25, -0.2) is 4.98 Å². The summed E-state index contributed by atoms with van der Waals surface area (Å²) in [5.41, 5.74) is 1.30. The lowest BCUT2D eigenvalue weighted by molar-refractivity contribution is 1.10. The van der Waals surface area contributed by atoms with Gasteiger partial charge in [0.25, 0.3) is 5.56 Å². The minimum Gasteiger partial charge on any atom is -0.337 e. The van der Waals surface area contributed by atoms with Gasteiger partial charge >= 0.3 is 0 Å². The van der Waals surface area contributed by atoms with E-state index in [1.807, 2.05) is 40.8 Å². The van der Waals surface area contributed by atoms with E-state index in [2.05, 4.69) is 20.3 Å². The summed E-state index contributed by atoms with van der Waals surface area (Å²) in [7, 11) is 0. The number of pyridine rings is 1. The molecule has 0 amide bonds. The molecule has 0 aliphatic heterocycles. The van der Waals surface area contributed by atoms with Crippen LogP contribution in [0.3, 0.4) is 0 Å². The monoisotopic (exact) mass is 398 g/mol. The van der Waals surface area contributed by atoms with Gasteiger partial charge in [-0.3, -0.25) is 9.78 Å². The lowest BCUT2D eigenvalue weighted by atomic mass is 10.2. The Balaban J connectivity index is 2.14. The number of benzene rings is 1. The summed E-state index contributed by atoms with van der Waals surface area (Å²) in [6.45, 7) is 0. The van der Waals surface area contributed by atoms with Crippen LogP contribution in [0.5, 0.6) is 0 Å². The molecule has 1 aromatic carbocycles. The van der Waals surface area contributed by atoms with E-state index in [1.165, 1.54) is 6.33 Å². The van der Waals surface area contributed by atoms with Crippen LogP contribution in [0.15, 0.2) is 41.6 Å². The molecule has 2 N–H and O–H groups in total. The number of aromatic nitrogens is 3. The molecule has 0 bridgehead atoms. The van der Waals surface area contributed by atoms with E-state index in [4.69, 9.17) is 11.6 Å². The zero-order chi connectivity index (χ0) is 14.1. The van der Waals surface area contributed by atoms with Gasteiger partial charge in [0.2, 0.25) is 0 Å². The highest BCUT2D eigenvalue weighted by Gasteiger charge is 2.09. The molecule has 0 saturated heterocycles. The Morgan fingerprint density at radius 2 is 2.10 bits per heavy atom. The van der Waals surface area contributed by atoms with Crippen LogP contribution < -0.4 is 10.9 Å². The van der Waals surface area contributed by atoms with Crippen molar-refractivity contribution in [1.82, 2.24) is 15.0 Å². The van der Waals surface area contributed by atoms with Crippen molar-refractivity contribution in [2.75, 3.05) is 5.32 Å². The van der Waals surface area contributed by atoms with E-state index in [1.54, 1.807) is 12.3 Å². The van der Waals surface area contributed by atoms with Crippen LogP contribution in [0.4, 0.5) is 11.5 Å². The second-order valence-corrected chi connectivity index (χ2v) is 5.50. The number of nitrogens with one attached hydrogen (secondary N) is 2. The number of fused-ring (bicyclic) bond motifs is 1. The Bertz CT molecular complexity index is 849. The number of anilines is 2. The Kier molecular flexibility index (Phi) is 3.58. The molecule has 0 atom stereocenters. The number of H-pyrrole nitrogens is 1. The molecule has 2 heterocycles. The zero-order valence-corrected chi connectivity index (χ0v) is 12.9. The van der Waals surface area contributed by atoms with Gasteiger partial charge in [0.1, 0.15) is 3.57 Å². The molecule has 3 rings (SSSR count). The first kappa shape index (κ1) is 13.3. The SMILES string of the molecule is O=c1[nH]cnc(Nc2ccc(Cl)c3cccnc23)c1I. The van der Waals surface area contributed by atoms with Crippen LogP contribution in [-0.2, 0) is 0 Å². The van der Waals surface area contributed by atoms with Gasteiger partial charge in [-0.05, 0) is 46.9 Å². The molecule has 100 valence electrons. The molecular formula is C13H8ClIN4O. The lowest BCUT2D eigenvalue weighted by Crippen LogP contribution is -2.13. The molecule has 0 spiro atoms. The first-order valence-corrected chi connectivity index (χ1v) is 7.16. The van der Waals surface area contributed by atoms with Crippen molar-refractivity contribution >= 4 is 56.6 Å². The summed E-state index contributed by atoms with van der Waals surface area (Å²) in [6.07, 6.45) is 3.05. The maximum absolute atomic E-state index is 11.6. The lowest BCUT2D eigenvalue weighted by Gasteiger charge is -2.10. The minimum atomic E-state index is -0.186. The summed E-state index contributed by atoms with van der Waals surface area (Å²) in [4.78, 5) is 22.5. The molecule has 0 aliphatic carbocycles. The van der Waals surface area contributed by atoms with Gasteiger partial charge in [0.15, 0.2) is 5.82 Å². The van der Waals surface area contributed by atoms with Crippen LogP contribution in [0.25, 0.3) is 10.9 Å². The van der Waals surface area contributed by atoms with Crippen LogP contribution in [0.1, 0.15) is 0 Å². The zero-order valence-electron chi connectivity index (χ0n) is 10.0. The van der Waals surface area contributed by atoms with E-state index in [0.717, 1.165) is 16.6 Å². The number of rotatable bonds is 2. The predicted octanol–water partition coefficient (Wildman–Crippen LogP) is 3.32. The molecule has 0 aliphatic rings. The second-order valence-electron chi connectivity index (χ2n) is 4.01. The highest BCUT2D eigenvalue weighted by atomic mass is 127. The molecule has 20 heavy (non-hydrogen) atoms. The molecule has 5 nitrogen and oxygen atoms in total. The standard InChI is InChI=1S/C13H8ClIN4O/c14-8-3-4-9(11-7(8)2-1-5-16-11)19-12-10(15)13(20)18-6-17-12/h1-6H,(H2,17,18,19,20). The Morgan fingerprint density at radius 3 is 2.95 bits per heavy atom. The van der Waals surface area contributed by atoms with Gasteiger partial charge in [-0.2, -0.15) is 0 Å². The fourth-order valence-electron chi connectivity index (χ4n) is 1.84. The highest BCUT2D eigenvalue weighted by molar-refractivity contribution is 14.1. The van der Waals surface area contributed by atoms with Gasteiger partial charge in [0.05, 0.1) is 22.6 Å². The molecule has 2 aromatic heterocycles. The van der Waals surface area contributed by atoms with Crippen LogP contribution in [-0.4, -0.2) is 15.0 Å². The second kappa shape index (κ2) is 5.37. The average Bonchev–Trinajstić information content (AvgIpc) is 2.47. The van der Waals surface area contributed by atoms with Gasteiger partial charge in [-0.1, -0.05) is 11.6 Å². The van der Waals surface area contributed by atoms with Crippen LogP contribution in [0, 0.1) is 3.57 Å². The maximum atomic E-state index is 11.6. The molecular weight excluding hydrogens is 391 g/mol. The first-order valence-electron chi connectivity index (χ1n) is 5.70. The molecule has 0 unspecified atom stereocenters. The number of aromatic amines is 1. The van der Waals surface area contributed by atoms with E-state index in [9.17, 15) is 4.79 Å². The van der Waals surface area contributed by atoms with Gasteiger partial charge < -0.3 is 10.3 Å². The summed E-state index contributed by atoms with van der Waals surface area (Å²) in [5, 5.41) is 4.60. The van der Waals surface area contributed by atoms with Crippen molar-refractivity contribution in [2.45, 2.75) is 0 Å². The van der Waals surface area contributed by atoms with Crippen LogP contribution in [0.2, 0.25) is 5.02 Å². The van der Waals surface area contributed by atoms with Gasteiger partial charge in [0, 0.05) is 11.6 Å². The molecule has 0 fully saturated rings. The fourth-order valence-corrected chi connectivity index (χ4v) is 2.48. The third kappa shape index (κ3) is 2.36. The van der Waals surface area contributed by atoms with Crippen molar-refractivity contribution in [3.8, 4) is 0 Å². The van der Waals surface area contributed by atoms with Crippen LogP contribution >= 0.6 is 34.2 Å². The fraction of sp³-hybridized carbons (Fsp3) is 0. The molecule has 3 aromatic rings. The highest BCUT2D eigenvalue weighted by Crippen LogP contribution is 2.29. The molecule has 0 radical (unpaired) electrons. The van der Waals surface area contributed by atoms with Crippen molar-refractivity contribution < 1.29 is 0 Å². The van der Waals surface area contributed by atoms with E-state index >= 15 is 0 Å². The third-order valence-electron chi connectivity index (χ3n) is 2.77. The van der Waals surface area contributed by atoms with E-state index < -0.39 is 0 Å². The molecule has 7 heteroatoms. The number of nitrogens with zero attached hydrogens (tertiary/aromatic N) is 2. The molecule has 0 saturated carbocycles. The first-order chi connectivity index (χ1) is 9.66. The summed E-state index contributed by atoms with van der Waals surface area (Å²) in [5.74, 6) is 0.489. The summed E-state index contributed by atoms with van der Waals surface area (Å²) < 4.78 is 0.490. The summed E-state index contributed by atoms with van der Waals surface area (Å²) >= 11 is 8.10. The summed E-state index contributed by atoms with van der Waals surface area (Å²) in [6, 6.07) is 7.32. The number of hydrogen-bond acceptors (Lipinski definition) is 4. The third-order valence-corrected chi connectivity index (χ3v) is 4.10. The Labute approximate surface area is 132 Å². The van der Waals surface area contributed by atoms with Crippen molar-refractivity contribution in [3.63, 3.8) is 0 Å². The number of hydrogen-bond donors (Lipinski definition) is 2. The Hall–Kier alpha value is -1.67. The minimum absolute atomic E-state index is 0.186. The Morgan fingerprint density at radius 1 is 1.25 bits per heavy atom. The maximum Gasteiger partial charge on any atom is 0.266 e. The average molecular weight is 399 g/mol. The van der Waals surface area contributed by atoms with E-state index in [0.29, 0.717) is 14.4 Å². The smallest absolute Gasteiger partial charge is 0.266 e. The van der Waals surface area contributed by atoms with Crippen molar-refractivity contribution in [1.29, 1.82) is 0 Å². The number of halogens is 2. The predicted molar refractivity (Wildman–Crippen MR) is 87.6 cm³/mol. The van der Waals surface area contributed by atoms with Gasteiger partial charge in [-0.15, -0.1) is 0 Å². The quantitative estimate of drug-likeness (QED) is 0.650.